The van der Waals surface area contributed by atoms with Gasteiger partial charge in [0.05, 0.1) is 17.8 Å². The number of aryl methyl sites for hydroxylation is 2. The summed E-state index contributed by atoms with van der Waals surface area (Å²) in [5, 5.41) is 4.24. The predicted octanol–water partition coefficient (Wildman–Crippen LogP) is 5.37. The minimum absolute atomic E-state index is 0.0369. The quantitative estimate of drug-likeness (QED) is 0.433. The van der Waals surface area contributed by atoms with Crippen molar-refractivity contribution in [3.63, 3.8) is 0 Å². The number of anilines is 1. The summed E-state index contributed by atoms with van der Waals surface area (Å²) >= 11 is 5.84. The average molecular weight is 440 g/mol. The van der Waals surface area contributed by atoms with E-state index in [-0.39, 0.29) is 12.1 Å². The van der Waals surface area contributed by atoms with Crippen LogP contribution < -0.4 is 10.2 Å². The Morgan fingerprint density at radius 1 is 0.906 bits per heavy atom. The number of rotatable bonds is 4. The topological polar surface area (TPSA) is 46.0 Å². The van der Waals surface area contributed by atoms with E-state index in [1.54, 1.807) is 0 Å². The molecule has 2 atom stereocenters. The Kier molecular flexibility index (Phi) is 5.23. The lowest BCUT2D eigenvalue weighted by Gasteiger charge is -2.28. The number of nitrogens with one attached hydrogen (secondary N) is 1. The summed E-state index contributed by atoms with van der Waals surface area (Å²) < 4.78 is 2.22. The predicted molar refractivity (Wildman–Crippen MR) is 132 cm³/mol. The van der Waals surface area contributed by atoms with Crippen LogP contribution in [-0.4, -0.2) is 19.6 Å². The highest BCUT2D eigenvalue weighted by atomic mass is 32.1. The van der Waals surface area contributed by atoms with E-state index in [2.05, 4.69) is 81.9 Å². The smallest absolute Gasteiger partial charge is 0.174 e. The maximum absolute atomic E-state index is 5.84. The van der Waals surface area contributed by atoms with Gasteiger partial charge in [-0.25, -0.2) is 4.98 Å². The van der Waals surface area contributed by atoms with Crippen LogP contribution in [0.15, 0.2) is 79.1 Å². The van der Waals surface area contributed by atoms with Gasteiger partial charge in [0.25, 0.3) is 0 Å². The van der Waals surface area contributed by atoms with Crippen LogP contribution in [0.4, 0.5) is 5.69 Å². The third kappa shape index (κ3) is 3.46. The maximum Gasteiger partial charge on any atom is 0.174 e. The lowest BCUT2D eigenvalue weighted by Crippen LogP contribution is -2.29. The molecule has 0 bridgehead atoms. The number of pyridine rings is 2. The average Bonchev–Trinajstić information content (AvgIpc) is 3.31. The molecule has 1 saturated heterocycles. The molecule has 0 amide bonds. The van der Waals surface area contributed by atoms with E-state index >= 15 is 0 Å². The highest BCUT2D eigenvalue weighted by molar-refractivity contribution is 7.80. The molecule has 32 heavy (non-hydrogen) atoms. The van der Waals surface area contributed by atoms with Crippen molar-refractivity contribution in [2.75, 3.05) is 4.90 Å². The van der Waals surface area contributed by atoms with Gasteiger partial charge in [0.15, 0.2) is 5.11 Å². The zero-order chi connectivity index (χ0) is 22.2. The first-order valence-electron chi connectivity index (χ1n) is 10.7. The van der Waals surface area contributed by atoms with Crippen molar-refractivity contribution < 1.29 is 0 Å². The Labute approximate surface area is 193 Å². The molecular formula is C26H25N5S. The zero-order valence-corrected chi connectivity index (χ0v) is 19.2. The Morgan fingerprint density at radius 3 is 2.38 bits per heavy atom. The van der Waals surface area contributed by atoms with Crippen LogP contribution in [0.25, 0.3) is 5.82 Å². The second-order valence-electron chi connectivity index (χ2n) is 8.19. The minimum atomic E-state index is -0.0659. The number of benzene rings is 1. The van der Waals surface area contributed by atoms with Gasteiger partial charge in [-0.1, -0.05) is 30.3 Å². The van der Waals surface area contributed by atoms with E-state index in [4.69, 9.17) is 12.2 Å². The van der Waals surface area contributed by atoms with E-state index in [0.717, 1.165) is 34.2 Å². The second-order valence-corrected chi connectivity index (χ2v) is 8.57. The van der Waals surface area contributed by atoms with Crippen LogP contribution in [0.2, 0.25) is 0 Å². The minimum Gasteiger partial charge on any atom is -0.351 e. The number of aromatic nitrogens is 3. The van der Waals surface area contributed by atoms with E-state index < -0.39 is 0 Å². The highest BCUT2D eigenvalue weighted by Crippen LogP contribution is 2.43. The SMILES string of the molecule is Cc1ccc(-n2c(C)cc([C@@H]3[C@@H](c4ccccn4)NC(=S)N3c3ccccc3)c2C)nc1. The van der Waals surface area contributed by atoms with Crippen LogP contribution in [-0.2, 0) is 0 Å². The molecule has 0 saturated carbocycles. The molecule has 1 aromatic carbocycles. The summed E-state index contributed by atoms with van der Waals surface area (Å²) in [7, 11) is 0. The number of thiocarbonyl (C=S) groups is 1. The van der Waals surface area contributed by atoms with Crippen LogP contribution in [0.5, 0.6) is 0 Å². The normalized spacial score (nSPS) is 18.1. The van der Waals surface area contributed by atoms with Crippen molar-refractivity contribution >= 4 is 23.0 Å². The third-order valence-electron chi connectivity index (χ3n) is 6.05. The van der Waals surface area contributed by atoms with E-state index in [0.29, 0.717) is 5.11 Å². The number of nitrogens with zero attached hydrogens (tertiary/aromatic N) is 4. The summed E-state index contributed by atoms with van der Waals surface area (Å²) in [4.78, 5) is 11.5. The van der Waals surface area contributed by atoms with Crippen molar-refractivity contribution in [1.82, 2.24) is 19.9 Å². The van der Waals surface area contributed by atoms with Gasteiger partial charge in [-0.3, -0.25) is 4.98 Å². The lowest BCUT2D eigenvalue weighted by molar-refractivity contribution is 0.565. The van der Waals surface area contributed by atoms with E-state index in [1.165, 1.54) is 5.56 Å². The molecule has 5 nitrogen and oxygen atoms in total. The molecule has 160 valence electrons. The summed E-state index contributed by atoms with van der Waals surface area (Å²) in [6, 6.07) is 22.7. The first kappa shape index (κ1) is 20.4. The molecule has 1 aliphatic rings. The second kappa shape index (κ2) is 8.20. The summed E-state index contributed by atoms with van der Waals surface area (Å²) in [6.45, 7) is 6.34. The Hall–Kier alpha value is -3.51. The molecule has 4 aromatic rings. The fourth-order valence-electron chi connectivity index (χ4n) is 4.57. The summed E-state index contributed by atoms with van der Waals surface area (Å²) in [6.07, 6.45) is 3.74. The molecule has 1 fully saturated rings. The highest BCUT2D eigenvalue weighted by Gasteiger charge is 2.42. The number of hydrogen-bond donors (Lipinski definition) is 1. The fourth-order valence-corrected chi connectivity index (χ4v) is 4.92. The standard InChI is InChI=1S/C26H25N5S/c1-17-12-13-23(28-16-17)30-18(2)15-21(19(30)3)25-24(22-11-7-8-14-27-22)29-26(32)31(25)20-9-5-4-6-10-20/h4-16,24-25H,1-3H3,(H,29,32)/t24-,25-/m1/s1. The van der Waals surface area contributed by atoms with Gasteiger partial charge in [0.1, 0.15) is 5.82 Å². The van der Waals surface area contributed by atoms with Gasteiger partial charge < -0.3 is 14.8 Å². The molecule has 3 aromatic heterocycles. The maximum atomic E-state index is 5.84. The van der Waals surface area contributed by atoms with Gasteiger partial charge in [0, 0.05) is 29.5 Å². The molecule has 0 unspecified atom stereocenters. The molecule has 0 aliphatic carbocycles. The number of hydrogen-bond acceptors (Lipinski definition) is 3. The van der Waals surface area contributed by atoms with Crippen molar-refractivity contribution in [2.24, 2.45) is 0 Å². The first-order chi connectivity index (χ1) is 15.5. The first-order valence-corrected chi connectivity index (χ1v) is 11.1. The van der Waals surface area contributed by atoms with Gasteiger partial charge in [-0.15, -0.1) is 0 Å². The molecule has 5 rings (SSSR count). The van der Waals surface area contributed by atoms with Crippen molar-refractivity contribution in [1.29, 1.82) is 0 Å². The van der Waals surface area contributed by atoms with Gasteiger partial charge in [-0.05, 0) is 80.5 Å². The van der Waals surface area contributed by atoms with Crippen LogP contribution in [0.1, 0.15) is 40.3 Å². The summed E-state index contributed by atoms with van der Waals surface area (Å²) in [5.74, 6) is 0.922. The Balaban J connectivity index is 1.67. The van der Waals surface area contributed by atoms with Crippen LogP contribution >= 0.6 is 12.2 Å². The van der Waals surface area contributed by atoms with Gasteiger partial charge >= 0.3 is 0 Å². The zero-order valence-electron chi connectivity index (χ0n) is 18.4. The molecule has 6 heteroatoms. The lowest BCUT2D eigenvalue weighted by atomic mass is 9.96. The molecule has 1 N–H and O–H groups in total. The molecule has 0 spiro atoms. The fraction of sp³-hybridized carbons (Fsp3) is 0.192. The number of para-hydroxylation sites is 1. The molecule has 0 radical (unpaired) electrons. The summed E-state index contributed by atoms with van der Waals surface area (Å²) in [5.41, 5.74) is 6.67. The van der Waals surface area contributed by atoms with Crippen molar-refractivity contribution in [3.8, 4) is 5.82 Å². The van der Waals surface area contributed by atoms with Crippen LogP contribution in [0, 0.1) is 20.8 Å². The van der Waals surface area contributed by atoms with Gasteiger partial charge in [-0.2, -0.15) is 0 Å². The molecular weight excluding hydrogens is 414 g/mol. The molecule has 1 aliphatic heterocycles. The van der Waals surface area contributed by atoms with Gasteiger partial charge in [0.2, 0.25) is 0 Å². The van der Waals surface area contributed by atoms with Crippen LogP contribution in [0.3, 0.4) is 0 Å². The third-order valence-corrected chi connectivity index (χ3v) is 6.36. The van der Waals surface area contributed by atoms with Crippen molar-refractivity contribution in [2.45, 2.75) is 32.9 Å². The Morgan fingerprint density at radius 2 is 1.69 bits per heavy atom. The molecule has 4 heterocycles. The monoisotopic (exact) mass is 439 g/mol. The largest absolute Gasteiger partial charge is 0.351 e. The van der Waals surface area contributed by atoms with E-state index in [1.807, 2.05) is 42.7 Å². The van der Waals surface area contributed by atoms with Crippen molar-refractivity contribution in [3.05, 3.63) is 107 Å². The Bertz CT molecular complexity index is 1250. The van der Waals surface area contributed by atoms with E-state index in [9.17, 15) is 0 Å².